The molecule has 1 heterocycles. The van der Waals surface area contributed by atoms with E-state index in [-0.39, 0.29) is 0 Å². The van der Waals surface area contributed by atoms with Crippen LogP contribution in [0, 0.1) is 12.3 Å². The third-order valence-electron chi connectivity index (χ3n) is 3.52. The van der Waals surface area contributed by atoms with Crippen molar-refractivity contribution in [3.8, 4) is 0 Å². The second-order valence-electron chi connectivity index (χ2n) is 5.94. The molecule has 2 rings (SSSR count). The molecule has 18 heavy (non-hydrogen) atoms. The molecule has 1 unspecified atom stereocenters. The van der Waals surface area contributed by atoms with Crippen molar-refractivity contribution in [3.63, 3.8) is 0 Å². The van der Waals surface area contributed by atoms with Crippen LogP contribution in [0.4, 0.5) is 5.82 Å². The Bertz CT molecular complexity index is 469. The normalized spacial score (nSPS) is 21.8. The molecule has 0 saturated heterocycles. The zero-order valence-electron chi connectivity index (χ0n) is 11.2. The predicted molar refractivity (Wildman–Crippen MR) is 71.0 cm³/mol. The van der Waals surface area contributed by atoms with E-state index in [2.05, 4.69) is 24.1 Å². The predicted octanol–water partition coefficient (Wildman–Crippen LogP) is 3.08. The lowest BCUT2D eigenvalue weighted by atomic mass is 9.92. The monoisotopic (exact) mass is 248 g/mol. The van der Waals surface area contributed by atoms with E-state index < -0.39 is 5.97 Å². The first-order valence-corrected chi connectivity index (χ1v) is 6.34. The number of carboxylic acid groups (broad SMARTS) is 1. The fourth-order valence-electron chi connectivity index (χ4n) is 2.63. The molecular weight excluding hydrogens is 228 g/mol. The minimum Gasteiger partial charge on any atom is -0.478 e. The second-order valence-corrected chi connectivity index (χ2v) is 5.94. The van der Waals surface area contributed by atoms with Crippen LogP contribution in [0.25, 0.3) is 0 Å². The van der Waals surface area contributed by atoms with Gasteiger partial charge in [-0.15, -0.1) is 0 Å². The maximum absolute atomic E-state index is 11.0. The van der Waals surface area contributed by atoms with Crippen LogP contribution in [0.1, 0.15) is 49.2 Å². The molecule has 0 bridgehead atoms. The molecule has 1 atom stereocenters. The summed E-state index contributed by atoms with van der Waals surface area (Å²) in [4.78, 5) is 15.3. The van der Waals surface area contributed by atoms with Crippen molar-refractivity contribution < 1.29 is 9.90 Å². The minimum atomic E-state index is -0.907. The van der Waals surface area contributed by atoms with Crippen molar-refractivity contribution in [3.05, 3.63) is 23.4 Å². The molecule has 2 N–H and O–H groups in total. The topological polar surface area (TPSA) is 62.2 Å². The molecule has 4 heteroatoms. The fraction of sp³-hybridized carbons (Fsp3) is 0.571. The van der Waals surface area contributed by atoms with Gasteiger partial charge in [-0.05, 0) is 43.7 Å². The average molecular weight is 248 g/mol. The number of anilines is 1. The highest BCUT2D eigenvalue weighted by molar-refractivity contribution is 5.88. The van der Waals surface area contributed by atoms with E-state index in [4.69, 9.17) is 5.11 Å². The van der Waals surface area contributed by atoms with Gasteiger partial charge >= 0.3 is 5.97 Å². The second kappa shape index (κ2) is 4.59. The van der Waals surface area contributed by atoms with Gasteiger partial charge in [-0.2, -0.15) is 0 Å². The van der Waals surface area contributed by atoms with Gasteiger partial charge in [0.25, 0.3) is 0 Å². The Hall–Kier alpha value is -1.58. The molecule has 0 spiro atoms. The number of carbonyl (C=O) groups is 1. The van der Waals surface area contributed by atoms with Crippen LogP contribution in [0.3, 0.4) is 0 Å². The summed E-state index contributed by atoms with van der Waals surface area (Å²) in [5.74, 6) is -0.231. The largest absolute Gasteiger partial charge is 0.478 e. The zero-order valence-corrected chi connectivity index (χ0v) is 11.2. The number of aromatic carboxylic acids is 1. The molecule has 1 fully saturated rings. The smallest absolute Gasteiger partial charge is 0.335 e. The Morgan fingerprint density at radius 2 is 2.22 bits per heavy atom. The lowest BCUT2D eigenvalue weighted by molar-refractivity contribution is 0.0696. The van der Waals surface area contributed by atoms with Crippen LogP contribution >= 0.6 is 0 Å². The van der Waals surface area contributed by atoms with E-state index in [9.17, 15) is 4.79 Å². The number of carboxylic acids is 1. The van der Waals surface area contributed by atoms with Crippen molar-refractivity contribution >= 4 is 11.8 Å². The lowest BCUT2D eigenvalue weighted by Crippen LogP contribution is -2.18. The summed E-state index contributed by atoms with van der Waals surface area (Å²) in [6, 6.07) is 3.60. The van der Waals surface area contributed by atoms with Gasteiger partial charge in [-0.25, -0.2) is 9.78 Å². The van der Waals surface area contributed by atoms with Crippen LogP contribution in [0.5, 0.6) is 0 Å². The van der Waals surface area contributed by atoms with Gasteiger partial charge in [-0.1, -0.05) is 13.8 Å². The van der Waals surface area contributed by atoms with Crippen molar-refractivity contribution in [1.82, 2.24) is 4.98 Å². The molecule has 0 radical (unpaired) electrons. The number of aromatic nitrogens is 1. The van der Waals surface area contributed by atoms with Crippen LogP contribution in [-0.2, 0) is 0 Å². The molecule has 1 aromatic heterocycles. The SMILES string of the molecule is Cc1cc(C(=O)O)cc(NC2CCC(C)(C)C2)n1. The first kappa shape index (κ1) is 12.9. The van der Waals surface area contributed by atoms with E-state index in [1.165, 1.54) is 6.42 Å². The number of pyridine rings is 1. The first-order chi connectivity index (χ1) is 8.35. The van der Waals surface area contributed by atoms with Crippen LogP contribution in [0.15, 0.2) is 12.1 Å². The summed E-state index contributed by atoms with van der Waals surface area (Å²) >= 11 is 0. The summed E-state index contributed by atoms with van der Waals surface area (Å²) in [5.41, 5.74) is 1.40. The number of aryl methyl sites for hydroxylation is 1. The molecule has 1 aliphatic rings. The number of rotatable bonds is 3. The van der Waals surface area contributed by atoms with Crippen molar-refractivity contribution in [2.45, 2.75) is 46.1 Å². The molecule has 0 aliphatic heterocycles. The minimum absolute atomic E-state index is 0.294. The highest BCUT2D eigenvalue weighted by atomic mass is 16.4. The van der Waals surface area contributed by atoms with Gasteiger partial charge in [0.2, 0.25) is 0 Å². The third-order valence-corrected chi connectivity index (χ3v) is 3.52. The van der Waals surface area contributed by atoms with Gasteiger partial charge in [0, 0.05) is 11.7 Å². The molecule has 1 aromatic rings. The lowest BCUT2D eigenvalue weighted by Gasteiger charge is -2.18. The standard InChI is InChI=1S/C14H20N2O2/c1-9-6-10(13(17)18)7-12(15-9)16-11-4-5-14(2,3)8-11/h6-7,11H,4-5,8H2,1-3H3,(H,15,16)(H,17,18). The van der Waals surface area contributed by atoms with Gasteiger partial charge in [0.15, 0.2) is 0 Å². The Morgan fingerprint density at radius 1 is 1.50 bits per heavy atom. The average Bonchev–Trinajstić information content (AvgIpc) is 2.57. The Morgan fingerprint density at radius 3 is 2.78 bits per heavy atom. The zero-order chi connectivity index (χ0) is 13.3. The van der Waals surface area contributed by atoms with Crippen molar-refractivity contribution in [1.29, 1.82) is 0 Å². The fourth-order valence-corrected chi connectivity index (χ4v) is 2.63. The quantitative estimate of drug-likeness (QED) is 0.863. The molecule has 0 aromatic carbocycles. The number of hydrogen-bond donors (Lipinski definition) is 2. The highest BCUT2D eigenvalue weighted by Gasteiger charge is 2.30. The molecule has 0 amide bonds. The molecule has 98 valence electrons. The maximum Gasteiger partial charge on any atom is 0.335 e. The van der Waals surface area contributed by atoms with Gasteiger partial charge < -0.3 is 10.4 Å². The van der Waals surface area contributed by atoms with E-state index in [1.54, 1.807) is 12.1 Å². The first-order valence-electron chi connectivity index (χ1n) is 6.34. The Balaban J connectivity index is 2.12. The summed E-state index contributed by atoms with van der Waals surface area (Å²) in [7, 11) is 0. The molecule has 1 aliphatic carbocycles. The van der Waals surface area contributed by atoms with Crippen LogP contribution < -0.4 is 5.32 Å². The third kappa shape index (κ3) is 3.00. The van der Waals surface area contributed by atoms with Crippen LogP contribution in [0.2, 0.25) is 0 Å². The maximum atomic E-state index is 11.0. The van der Waals surface area contributed by atoms with Crippen molar-refractivity contribution in [2.24, 2.45) is 5.41 Å². The highest BCUT2D eigenvalue weighted by Crippen LogP contribution is 2.38. The number of hydrogen-bond acceptors (Lipinski definition) is 3. The molecule has 4 nitrogen and oxygen atoms in total. The molecule has 1 saturated carbocycles. The number of nitrogens with zero attached hydrogens (tertiary/aromatic N) is 1. The Kier molecular flexibility index (Phi) is 3.28. The van der Waals surface area contributed by atoms with E-state index in [0.29, 0.717) is 22.8 Å². The van der Waals surface area contributed by atoms with Crippen LogP contribution in [-0.4, -0.2) is 22.1 Å². The Labute approximate surface area is 107 Å². The summed E-state index contributed by atoms with van der Waals surface area (Å²) in [6.45, 7) is 6.35. The van der Waals surface area contributed by atoms with E-state index in [1.807, 2.05) is 6.92 Å². The van der Waals surface area contributed by atoms with Gasteiger partial charge in [0.1, 0.15) is 5.82 Å². The van der Waals surface area contributed by atoms with Crippen molar-refractivity contribution in [2.75, 3.05) is 5.32 Å². The van der Waals surface area contributed by atoms with Gasteiger partial charge in [0.05, 0.1) is 5.56 Å². The molecular formula is C14H20N2O2. The van der Waals surface area contributed by atoms with Gasteiger partial charge in [-0.3, -0.25) is 0 Å². The summed E-state index contributed by atoms with van der Waals surface area (Å²) < 4.78 is 0. The summed E-state index contributed by atoms with van der Waals surface area (Å²) in [6.07, 6.45) is 3.42. The van der Waals surface area contributed by atoms with E-state index >= 15 is 0 Å². The van der Waals surface area contributed by atoms with E-state index in [0.717, 1.165) is 18.5 Å². The number of nitrogens with one attached hydrogen (secondary N) is 1. The summed E-state index contributed by atoms with van der Waals surface area (Å²) in [5, 5.41) is 12.4.